The fourth-order valence-electron chi connectivity index (χ4n) is 4.41. The predicted octanol–water partition coefficient (Wildman–Crippen LogP) is 6.55. The molecule has 1 aliphatic carbocycles. The van der Waals surface area contributed by atoms with Crippen molar-refractivity contribution in [3.05, 3.63) is 82.0 Å². The highest BCUT2D eigenvalue weighted by molar-refractivity contribution is 5.67. The van der Waals surface area contributed by atoms with E-state index in [4.69, 9.17) is 9.84 Å². The van der Waals surface area contributed by atoms with Crippen molar-refractivity contribution in [2.45, 2.75) is 58.2 Å². The Morgan fingerprint density at radius 3 is 2.29 bits per heavy atom. The van der Waals surface area contributed by atoms with Gasteiger partial charge in [-0.3, -0.25) is 9.78 Å². The number of hydrogen-bond acceptors (Lipinski definition) is 3. The van der Waals surface area contributed by atoms with Crippen LogP contribution in [0, 0.1) is 6.92 Å². The van der Waals surface area contributed by atoms with Gasteiger partial charge in [0.25, 0.3) is 0 Å². The second kappa shape index (κ2) is 9.87. The van der Waals surface area contributed by atoms with Gasteiger partial charge in [0.05, 0.1) is 11.3 Å². The zero-order chi connectivity index (χ0) is 24.3. The first-order chi connectivity index (χ1) is 16.2. The minimum absolute atomic E-state index is 0.114. The van der Waals surface area contributed by atoms with Gasteiger partial charge in [0.1, 0.15) is 12.4 Å². The molecule has 4 rings (SSSR count). The normalized spacial score (nSPS) is 13.4. The average molecular weight is 470 g/mol. The minimum atomic E-state index is -4.36. The van der Waals surface area contributed by atoms with Crippen molar-refractivity contribution < 1.29 is 27.8 Å². The van der Waals surface area contributed by atoms with E-state index in [-0.39, 0.29) is 6.42 Å². The molecule has 0 atom stereocenters. The largest absolute Gasteiger partial charge is 0.489 e. The van der Waals surface area contributed by atoms with Gasteiger partial charge in [-0.2, -0.15) is 13.2 Å². The molecule has 0 aliphatic heterocycles. The molecule has 0 radical (unpaired) electrons. The van der Waals surface area contributed by atoms with Crippen molar-refractivity contribution in [2.24, 2.45) is 0 Å². The van der Waals surface area contributed by atoms with Crippen LogP contribution >= 0.6 is 0 Å². The van der Waals surface area contributed by atoms with E-state index in [2.05, 4.69) is 4.98 Å². The molecule has 4 nitrogen and oxygen atoms in total. The number of halogens is 3. The number of hydrogen-bond donors (Lipinski definition) is 1. The first-order valence-corrected chi connectivity index (χ1v) is 11.3. The molecule has 178 valence electrons. The van der Waals surface area contributed by atoms with Crippen molar-refractivity contribution in [1.29, 1.82) is 0 Å². The number of carboxylic acids is 1. The molecular weight excluding hydrogens is 443 g/mol. The maximum atomic E-state index is 12.8. The predicted molar refractivity (Wildman–Crippen MR) is 123 cm³/mol. The van der Waals surface area contributed by atoms with Gasteiger partial charge in [0.15, 0.2) is 0 Å². The van der Waals surface area contributed by atoms with Crippen LogP contribution in [0.4, 0.5) is 13.2 Å². The van der Waals surface area contributed by atoms with Crippen molar-refractivity contribution >= 4 is 5.97 Å². The van der Waals surface area contributed by atoms with Gasteiger partial charge in [-0.15, -0.1) is 0 Å². The number of aliphatic carboxylic acids is 1. The van der Waals surface area contributed by atoms with Crippen LogP contribution in [0.25, 0.3) is 11.3 Å². The monoisotopic (exact) mass is 469 g/mol. The second-order valence-corrected chi connectivity index (χ2v) is 8.59. The number of pyridine rings is 1. The topological polar surface area (TPSA) is 59.4 Å². The quantitative estimate of drug-likeness (QED) is 0.426. The molecule has 0 unspecified atom stereocenters. The van der Waals surface area contributed by atoms with Gasteiger partial charge < -0.3 is 9.84 Å². The molecule has 0 fully saturated rings. The van der Waals surface area contributed by atoms with Crippen molar-refractivity contribution in [1.82, 2.24) is 4.98 Å². The number of ether oxygens (including phenoxy) is 1. The summed E-state index contributed by atoms with van der Waals surface area (Å²) < 4.78 is 44.6. The Balaban J connectivity index is 1.49. The van der Waals surface area contributed by atoms with Gasteiger partial charge in [0.2, 0.25) is 0 Å². The number of alkyl halides is 3. The lowest BCUT2D eigenvalue weighted by molar-refractivity contribution is -0.138. The number of aromatic nitrogens is 1. The molecule has 0 bridgehead atoms. The van der Waals surface area contributed by atoms with Crippen LogP contribution in [0.2, 0.25) is 0 Å². The van der Waals surface area contributed by atoms with Gasteiger partial charge in [-0.1, -0.05) is 24.3 Å². The number of fused-ring (bicyclic) bond motifs is 1. The van der Waals surface area contributed by atoms with Gasteiger partial charge in [-0.05, 0) is 80.0 Å². The molecule has 0 saturated heterocycles. The van der Waals surface area contributed by atoms with Crippen LogP contribution < -0.4 is 4.74 Å². The Morgan fingerprint density at radius 2 is 1.65 bits per heavy atom. The third-order valence-electron chi connectivity index (χ3n) is 6.28. The zero-order valence-electron chi connectivity index (χ0n) is 18.9. The molecule has 2 aromatic carbocycles. The SMILES string of the molecule is Cc1nc(-c2ccc(C(F)(F)F)cc2)ccc1COc1ccc(CCC(=O)O)c2c1CCCC2. The average Bonchev–Trinajstić information content (AvgIpc) is 2.81. The van der Waals surface area contributed by atoms with E-state index >= 15 is 0 Å². The Kier molecular flexibility index (Phi) is 6.91. The highest BCUT2D eigenvalue weighted by Gasteiger charge is 2.30. The van der Waals surface area contributed by atoms with Crippen LogP contribution in [-0.2, 0) is 36.8 Å². The summed E-state index contributed by atoms with van der Waals surface area (Å²) in [6, 6.07) is 12.6. The number of carboxylic acid groups (broad SMARTS) is 1. The summed E-state index contributed by atoms with van der Waals surface area (Å²) in [5.74, 6) is 0.0209. The molecule has 34 heavy (non-hydrogen) atoms. The van der Waals surface area contributed by atoms with Crippen LogP contribution in [-0.4, -0.2) is 16.1 Å². The molecule has 0 spiro atoms. The van der Waals surface area contributed by atoms with Gasteiger partial charge in [0, 0.05) is 23.2 Å². The maximum absolute atomic E-state index is 12.8. The standard InChI is InChI=1S/C27H26F3NO3/c1-17-20(8-13-24(31-17)19-6-11-21(12-7-19)27(28,29)30)16-34-25-14-9-18(10-15-26(32)33)22-4-2-3-5-23(22)25/h6-9,11-14H,2-5,10,15-16H2,1H3,(H,32,33). The molecule has 0 saturated carbocycles. The lowest BCUT2D eigenvalue weighted by atomic mass is 9.86. The summed E-state index contributed by atoms with van der Waals surface area (Å²) in [5, 5.41) is 9.03. The molecule has 7 heteroatoms. The zero-order valence-corrected chi connectivity index (χ0v) is 18.9. The summed E-state index contributed by atoms with van der Waals surface area (Å²) in [6.07, 6.45) is 0.282. The maximum Gasteiger partial charge on any atom is 0.416 e. The summed E-state index contributed by atoms with van der Waals surface area (Å²) in [6.45, 7) is 2.18. The molecule has 1 aliphatic rings. The van der Waals surface area contributed by atoms with Crippen molar-refractivity contribution in [3.8, 4) is 17.0 Å². The lowest BCUT2D eigenvalue weighted by Crippen LogP contribution is -2.11. The van der Waals surface area contributed by atoms with E-state index in [0.717, 1.165) is 60.4 Å². The van der Waals surface area contributed by atoms with E-state index in [1.54, 1.807) is 6.07 Å². The number of aryl methyl sites for hydroxylation is 2. The molecule has 1 aromatic heterocycles. The van der Waals surface area contributed by atoms with Crippen LogP contribution in [0.1, 0.15) is 52.8 Å². The molecular formula is C27H26F3NO3. The van der Waals surface area contributed by atoms with Crippen molar-refractivity contribution in [3.63, 3.8) is 0 Å². The number of nitrogens with zero attached hydrogens (tertiary/aromatic N) is 1. The van der Waals surface area contributed by atoms with E-state index in [9.17, 15) is 18.0 Å². The lowest BCUT2D eigenvalue weighted by Gasteiger charge is -2.23. The van der Waals surface area contributed by atoms with Crippen LogP contribution in [0.15, 0.2) is 48.5 Å². The fourth-order valence-corrected chi connectivity index (χ4v) is 4.41. The van der Waals surface area contributed by atoms with Crippen LogP contribution in [0.3, 0.4) is 0 Å². The highest BCUT2D eigenvalue weighted by Crippen LogP contribution is 2.34. The smallest absolute Gasteiger partial charge is 0.416 e. The van der Waals surface area contributed by atoms with E-state index in [1.807, 2.05) is 25.1 Å². The summed E-state index contributed by atoms with van der Waals surface area (Å²) in [7, 11) is 0. The molecule has 1 heterocycles. The number of carbonyl (C=O) groups is 1. The second-order valence-electron chi connectivity index (χ2n) is 8.59. The first kappa shape index (κ1) is 23.8. The summed E-state index contributed by atoms with van der Waals surface area (Å²) in [4.78, 5) is 15.6. The Morgan fingerprint density at radius 1 is 0.971 bits per heavy atom. The van der Waals surface area contributed by atoms with E-state index in [0.29, 0.717) is 24.3 Å². The Bertz CT molecular complexity index is 1190. The summed E-state index contributed by atoms with van der Waals surface area (Å²) in [5.41, 5.74) is 5.67. The third kappa shape index (κ3) is 5.41. The minimum Gasteiger partial charge on any atom is -0.489 e. The Labute approximate surface area is 196 Å². The van der Waals surface area contributed by atoms with Gasteiger partial charge >= 0.3 is 12.1 Å². The third-order valence-corrected chi connectivity index (χ3v) is 6.28. The number of benzene rings is 2. The fraction of sp³-hybridized carbons (Fsp3) is 0.333. The van der Waals surface area contributed by atoms with Crippen molar-refractivity contribution in [2.75, 3.05) is 0 Å². The van der Waals surface area contributed by atoms with E-state index in [1.165, 1.54) is 23.3 Å². The summed E-state index contributed by atoms with van der Waals surface area (Å²) >= 11 is 0. The van der Waals surface area contributed by atoms with Gasteiger partial charge in [-0.25, -0.2) is 0 Å². The number of rotatable bonds is 7. The molecule has 0 amide bonds. The molecule has 1 N–H and O–H groups in total. The van der Waals surface area contributed by atoms with Crippen LogP contribution in [0.5, 0.6) is 5.75 Å². The highest BCUT2D eigenvalue weighted by atomic mass is 19.4. The van der Waals surface area contributed by atoms with E-state index < -0.39 is 17.7 Å². The first-order valence-electron chi connectivity index (χ1n) is 11.3. The molecule has 3 aromatic rings. The Hall–Kier alpha value is -3.35.